The second kappa shape index (κ2) is 37.0. The van der Waals surface area contributed by atoms with Gasteiger partial charge in [0.15, 0.2) is 0 Å². The number of nitrogens with one attached hydrogen (secondary N) is 10. The fourth-order valence-electron chi connectivity index (χ4n) is 8.47. The Kier molecular flexibility index (Phi) is 30.9. The van der Waals surface area contributed by atoms with Crippen molar-refractivity contribution in [3.05, 3.63) is 90.1 Å². The number of nitrogens with zero attached hydrogens (tertiary/aromatic N) is 1. The van der Waals surface area contributed by atoms with Gasteiger partial charge in [-0.25, -0.2) is 0 Å². The van der Waals surface area contributed by atoms with Crippen molar-refractivity contribution in [2.24, 2.45) is 40.3 Å². The molecular formula is C56H85N17O13. The Morgan fingerprint density at radius 3 is 1.40 bits per heavy atom. The quantitative estimate of drug-likeness (QED) is 0.0255. The first kappa shape index (κ1) is 71.7. The lowest BCUT2D eigenvalue weighted by Gasteiger charge is -2.30. The van der Waals surface area contributed by atoms with Crippen LogP contribution in [0.2, 0.25) is 0 Å². The van der Waals surface area contributed by atoms with Gasteiger partial charge in [0.1, 0.15) is 60.4 Å². The molecule has 0 bridgehead atoms. The minimum absolute atomic E-state index is 0.0590. The summed E-state index contributed by atoms with van der Waals surface area (Å²) in [5.74, 6) is -10.4. The molecule has 0 unspecified atom stereocenters. The maximum atomic E-state index is 14.4. The number of pyridine rings is 1. The van der Waals surface area contributed by atoms with Gasteiger partial charge < -0.3 is 97.8 Å². The number of hydrogen-bond donors (Lipinski definition) is 18. The Labute approximate surface area is 498 Å². The van der Waals surface area contributed by atoms with Crippen LogP contribution in [0.25, 0.3) is 11.3 Å². The fraction of sp³-hybridized carbons (Fsp3) is 0.500. The van der Waals surface area contributed by atoms with Crippen LogP contribution in [0.3, 0.4) is 0 Å². The van der Waals surface area contributed by atoms with Crippen molar-refractivity contribution < 1.29 is 63.0 Å². The Morgan fingerprint density at radius 1 is 0.488 bits per heavy atom. The van der Waals surface area contributed by atoms with Gasteiger partial charge in [0.2, 0.25) is 59.1 Å². The number of nitrogens with two attached hydrogens (primary N) is 6. The molecule has 0 aliphatic carbocycles. The molecule has 86 heavy (non-hydrogen) atoms. The molecule has 3 rings (SSSR count). The largest absolute Gasteiger partial charge is 0.394 e. The molecule has 1 heterocycles. The molecule has 1 aromatic heterocycles. The van der Waals surface area contributed by atoms with E-state index in [0.29, 0.717) is 17.7 Å². The van der Waals surface area contributed by atoms with E-state index in [1.54, 1.807) is 68.4 Å². The topological polar surface area (TPSA) is 518 Å². The average Bonchev–Trinajstić information content (AvgIpc) is 2.98. The lowest BCUT2D eigenvalue weighted by molar-refractivity contribution is -0.136. The molecule has 2 aromatic carbocycles. The minimum Gasteiger partial charge on any atom is -0.394 e. The first-order chi connectivity index (χ1) is 41.0. The van der Waals surface area contributed by atoms with Gasteiger partial charge in [-0.05, 0) is 89.3 Å². The SMILES string of the molecule is CC[C@H](C)[C@H](NC(=O)[C@@H](Cc1ccccc1)NC(=O)[C@H](CCN)NC(=O)[C@H](C)NC(=O)[C@H](CN)NC(=O)[C@H](CO)NC(=O)[C@H](CCN)NC(=O)c1ccnc(-c2ccccc2)c1)C(=O)N[C@@H](CCN)C(=O)N[C@@H](CCN)C(=O)N[C@H](C(N)=O)[C@@H](C)O. The number of carbonyl (C=O) groups is 11. The summed E-state index contributed by atoms with van der Waals surface area (Å²) in [5, 5.41) is 45.0. The highest BCUT2D eigenvalue weighted by atomic mass is 16.3. The van der Waals surface area contributed by atoms with E-state index in [-0.39, 0.29) is 63.8 Å². The van der Waals surface area contributed by atoms with Gasteiger partial charge in [-0.3, -0.25) is 57.7 Å². The average molecular weight is 1200 g/mol. The number of rotatable bonds is 37. The highest BCUT2D eigenvalue weighted by Crippen LogP contribution is 2.18. The number of carbonyl (C=O) groups excluding carboxylic acids is 11. The molecule has 0 aliphatic rings. The molecule has 11 amide bonds. The molecule has 3 aromatic rings. The minimum atomic E-state index is -1.66. The molecule has 30 heteroatoms. The van der Waals surface area contributed by atoms with Crippen LogP contribution in [0.15, 0.2) is 79.0 Å². The van der Waals surface area contributed by atoms with E-state index in [1.807, 2.05) is 6.07 Å². The Hall–Kier alpha value is -8.52. The van der Waals surface area contributed by atoms with E-state index in [0.717, 1.165) is 5.56 Å². The fourth-order valence-corrected chi connectivity index (χ4v) is 8.47. The lowest BCUT2D eigenvalue weighted by atomic mass is 9.96. The number of amides is 11. The maximum absolute atomic E-state index is 14.4. The first-order valence-corrected chi connectivity index (χ1v) is 28.2. The molecule has 0 saturated carbocycles. The number of aliphatic hydroxyl groups excluding tert-OH is 2. The van der Waals surface area contributed by atoms with Crippen LogP contribution in [0.4, 0.5) is 0 Å². The number of benzene rings is 2. The van der Waals surface area contributed by atoms with E-state index in [1.165, 1.54) is 32.2 Å². The molecule has 30 nitrogen and oxygen atoms in total. The summed E-state index contributed by atoms with van der Waals surface area (Å²) in [6, 6.07) is 6.30. The van der Waals surface area contributed by atoms with Gasteiger partial charge >= 0.3 is 0 Å². The van der Waals surface area contributed by atoms with Crippen LogP contribution in [0.1, 0.15) is 75.7 Å². The van der Waals surface area contributed by atoms with Crippen molar-refractivity contribution in [1.82, 2.24) is 58.2 Å². The van der Waals surface area contributed by atoms with Gasteiger partial charge in [-0.15, -0.1) is 0 Å². The van der Waals surface area contributed by atoms with Crippen molar-refractivity contribution in [1.29, 1.82) is 0 Å². The highest BCUT2D eigenvalue weighted by Gasteiger charge is 2.36. The summed E-state index contributed by atoms with van der Waals surface area (Å²) in [4.78, 5) is 153. The van der Waals surface area contributed by atoms with E-state index in [9.17, 15) is 63.0 Å². The third kappa shape index (κ3) is 22.8. The zero-order valence-electron chi connectivity index (χ0n) is 48.7. The van der Waals surface area contributed by atoms with Crippen LogP contribution < -0.4 is 87.6 Å². The summed E-state index contributed by atoms with van der Waals surface area (Å²) < 4.78 is 0. The maximum Gasteiger partial charge on any atom is 0.252 e. The number of aromatic nitrogens is 1. The molecule has 0 saturated heterocycles. The van der Waals surface area contributed by atoms with Crippen LogP contribution in [0, 0.1) is 5.92 Å². The Morgan fingerprint density at radius 2 is 0.907 bits per heavy atom. The second-order valence-corrected chi connectivity index (χ2v) is 20.3. The second-order valence-electron chi connectivity index (χ2n) is 20.3. The van der Waals surface area contributed by atoms with Crippen LogP contribution >= 0.6 is 0 Å². The summed E-state index contributed by atoms with van der Waals surface area (Å²) in [6.45, 7) is 3.97. The number of aliphatic hydroxyl groups is 2. The lowest BCUT2D eigenvalue weighted by Crippen LogP contribution is -2.62. The van der Waals surface area contributed by atoms with Crippen LogP contribution in [0.5, 0.6) is 0 Å². The summed E-state index contributed by atoms with van der Waals surface area (Å²) in [5.41, 5.74) is 36.3. The van der Waals surface area contributed by atoms with E-state index in [4.69, 9.17) is 34.4 Å². The van der Waals surface area contributed by atoms with Gasteiger partial charge in [0.25, 0.3) is 5.91 Å². The third-order valence-electron chi connectivity index (χ3n) is 13.7. The number of primary amides is 1. The molecule has 0 spiro atoms. The summed E-state index contributed by atoms with van der Waals surface area (Å²) in [7, 11) is 0. The molecule has 0 radical (unpaired) electrons. The standard InChI is InChI=1S/C56H85N17O13/c1-5-30(2)44(56(86)68-38(18-23-59)49(79)67-39(19-24-60)52(82)73-45(32(4)75)46(62)76)72-53(83)41(26-33-12-8-6-9-13-33)69-50(80)36(16-21-57)65-47(77)31(3)64-54(84)42(28-61)70-55(85)43(29-74)71-51(81)37(17-22-58)66-48(78)35-20-25-63-40(27-35)34-14-10-7-11-15-34/h6-15,20,25,27,30-32,36-39,41-45,74-75H,5,16-19,21-24,26,28-29,57-61H2,1-4H3,(H2,62,76)(H,64,84)(H,65,77)(H,66,78)(H,67,79)(H,68,86)(H,69,80)(H,70,85)(H,71,81)(H,72,83)(H,73,82)/t30-,31-,32+,36-,37-,38-,39-,41+,42-,43-,44-,45-/m0/s1. The monoisotopic (exact) mass is 1200 g/mol. The Balaban J connectivity index is 1.73. The molecule has 24 N–H and O–H groups in total. The van der Waals surface area contributed by atoms with Crippen LogP contribution in [-0.4, -0.2) is 186 Å². The predicted molar refractivity (Wildman–Crippen MR) is 315 cm³/mol. The van der Waals surface area contributed by atoms with Crippen molar-refractivity contribution in [2.45, 2.75) is 133 Å². The van der Waals surface area contributed by atoms with E-state index < -0.39 is 151 Å². The van der Waals surface area contributed by atoms with E-state index in [2.05, 4.69) is 58.2 Å². The van der Waals surface area contributed by atoms with Crippen molar-refractivity contribution in [3.8, 4) is 11.3 Å². The molecule has 12 atom stereocenters. The zero-order chi connectivity index (χ0) is 64.0. The van der Waals surface area contributed by atoms with Crippen LogP contribution in [-0.2, 0) is 54.4 Å². The number of hydrogen-bond acceptors (Lipinski definition) is 19. The smallest absolute Gasteiger partial charge is 0.252 e. The van der Waals surface area contributed by atoms with Crippen molar-refractivity contribution in [3.63, 3.8) is 0 Å². The molecular weight excluding hydrogens is 1120 g/mol. The third-order valence-corrected chi connectivity index (χ3v) is 13.7. The highest BCUT2D eigenvalue weighted by molar-refractivity contribution is 6.01. The molecule has 0 aliphatic heterocycles. The zero-order valence-corrected chi connectivity index (χ0v) is 48.7. The van der Waals surface area contributed by atoms with Gasteiger partial charge in [-0.1, -0.05) is 80.9 Å². The van der Waals surface area contributed by atoms with Gasteiger partial charge in [-0.2, -0.15) is 0 Å². The summed E-state index contributed by atoms with van der Waals surface area (Å²) in [6.07, 6.45) is -0.254. The van der Waals surface area contributed by atoms with Crippen molar-refractivity contribution in [2.75, 3.05) is 39.3 Å². The van der Waals surface area contributed by atoms with Gasteiger partial charge in [0, 0.05) is 30.3 Å². The predicted octanol–water partition coefficient (Wildman–Crippen LogP) is -6.27. The summed E-state index contributed by atoms with van der Waals surface area (Å²) >= 11 is 0. The Bertz CT molecular complexity index is 2750. The first-order valence-electron chi connectivity index (χ1n) is 28.2. The molecule has 472 valence electrons. The van der Waals surface area contributed by atoms with E-state index >= 15 is 0 Å². The molecule has 0 fully saturated rings. The van der Waals surface area contributed by atoms with Crippen molar-refractivity contribution >= 4 is 65.0 Å². The normalized spacial score (nSPS) is 15.2. The van der Waals surface area contributed by atoms with Gasteiger partial charge in [0.05, 0.1) is 18.4 Å².